The average Bonchev–Trinajstić information content (AvgIpc) is 2.32. The molecule has 1 fully saturated rings. The summed E-state index contributed by atoms with van der Waals surface area (Å²) >= 11 is 1.61. The molecule has 0 aromatic heterocycles. The summed E-state index contributed by atoms with van der Waals surface area (Å²) < 4.78 is 4.68. The van der Waals surface area contributed by atoms with E-state index in [1.165, 1.54) is 0 Å². The summed E-state index contributed by atoms with van der Waals surface area (Å²) in [6, 6.07) is 0. The van der Waals surface area contributed by atoms with Crippen LogP contribution in [0.4, 0.5) is 0 Å². The highest BCUT2D eigenvalue weighted by Crippen LogP contribution is 2.35. The zero-order valence-electron chi connectivity index (χ0n) is 6.35. The molecule has 1 rings (SSSR count). The molecule has 3 heteroatoms. The molecule has 1 aliphatic heterocycles. The smallest absolute Gasteiger partial charge is 0.322 e. The summed E-state index contributed by atoms with van der Waals surface area (Å²) in [5.41, 5.74) is 0. The molecule has 0 radical (unpaired) electrons. The summed E-state index contributed by atoms with van der Waals surface area (Å²) in [6.07, 6.45) is 3.73. The molecule has 0 saturated carbocycles. The van der Waals surface area contributed by atoms with Crippen molar-refractivity contribution in [2.24, 2.45) is 0 Å². The Morgan fingerprint density at radius 1 is 1.80 bits per heavy atom. The van der Waals surface area contributed by atoms with E-state index in [2.05, 4.69) is 0 Å². The summed E-state index contributed by atoms with van der Waals surface area (Å²) in [4.78, 5) is 11.1. The third kappa shape index (κ3) is 1.03. The summed E-state index contributed by atoms with van der Waals surface area (Å²) in [7, 11) is 0. The highest BCUT2D eigenvalue weighted by Gasteiger charge is 2.42. The van der Waals surface area contributed by atoms with E-state index in [-0.39, 0.29) is 10.7 Å². The monoisotopic (exact) mass is 160 g/mol. The standard InChI is InChI=1S/C7H12O2S/c1-3-7(10-2)4-5-9-6(7)8/h3-5H2,1-2H3. The number of esters is 1. The fourth-order valence-corrected chi connectivity index (χ4v) is 1.99. The summed E-state index contributed by atoms with van der Waals surface area (Å²) in [6.45, 7) is 2.64. The van der Waals surface area contributed by atoms with Crippen LogP contribution in [0.25, 0.3) is 0 Å². The minimum Gasteiger partial charge on any atom is -0.465 e. The lowest BCUT2D eigenvalue weighted by atomic mass is 10.0. The fourth-order valence-electron chi connectivity index (χ4n) is 1.19. The molecule has 0 aromatic carbocycles. The second-order valence-electron chi connectivity index (χ2n) is 2.44. The normalized spacial score (nSPS) is 32.4. The van der Waals surface area contributed by atoms with Gasteiger partial charge in [-0.2, -0.15) is 0 Å². The Morgan fingerprint density at radius 3 is 2.70 bits per heavy atom. The van der Waals surface area contributed by atoms with Crippen LogP contribution >= 0.6 is 11.8 Å². The van der Waals surface area contributed by atoms with E-state index in [0.29, 0.717) is 6.61 Å². The van der Waals surface area contributed by atoms with Gasteiger partial charge in [0.1, 0.15) is 4.75 Å². The summed E-state index contributed by atoms with van der Waals surface area (Å²) in [5, 5.41) is 0. The Balaban J connectivity index is 2.71. The number of ether oxygens (including phenoxy) is 1. The molecule has 0 aliphatic carbocycles. The molecule has 0 spiro atoms. The Hall–Kier alpha value is -0.180. The third-order valence-corrected chi connectivity index (χ3v) is 3.51. The van der Waals surface area contributed by atoms with Gasteiger partial charge in [-0.1, -0.05) is 6.92 Å². The van der Waals surface area contributed by atoms with Crippen LogP contribution in [-0.2, 0) is 9.53 Å². The number of rotatable bonds is 2. The van der Waals surface area contributed by atoms with Gasteiger partial charge in [0, 0.05) is 6.42 Å². The van der Waals surface area contributed by atoms with Gasteiger partial charge < -0.3 is 4.74 Å². The molecular weight excluding hydrogens is 148 g/mol. The van der Waals surface area contributed by atoms with Crippen molar-refractivity contribution in [3.8, 4) is 0 Å². The van der Waals surface area contributed by atoms with Crippen LogP contribution in [0.3, 0.4) is 0 Å². The number of thioether (sulfide) groups is 1. The Labute approximate surface area is 65.3 Å². The minimum absolute atomic E-state index is 0.0255. The maximum atomic E-state index is 11.1. The first kappa shape index (κ1) is 7.92. The Bertz CT molecular complexity index is 141. The Morgan fingerprint density at radius 2 is 2.50 bits per heavy atom. The fraction of sp³-hybridized carbons (Fsp3) is 0.857. The molecule has 1 heterocycles. The van der Waals surface area contributed by atoms with Crippen LogP contribution in [0.1, 0.15) is 19.8 Å². The molecule has 1 aliphatic rings. The van der Waals surface area contributed by atoms with E-state index in [9.17, 15) is 4.79 Å². The van der Waals surface area contributed by atoms with E-state index in [4.69, 9.17) is 4.74 Å². The summed E-state index contributed by atoms with van der Waals surface area (Å²) in [5.74, 6) is -0.0255. The van der Waals surface area contributed by atoms with Gasteiger partial charge in [-0.3, -0.25) is 4.79 Å². The third-order valence-electron chi connectivity index (χ3n) is 2.07. The molecule has 10 heavy (non-hydrogen) atoms. The van der Waals surface area contributed by atoms with Crippen LogP contribution in [0.2, 0.25) is 0 Å². The van der Waals surface area contributed by atoms with Crippen LogP contribution in [0.15, 0.2) is 0 Å². The highest BCUT2D eigenvalue weighted by atomic mass is 32.2. The molecule has 58 valence electrons. The first-order chi connectivity index (χ1) is 4.75. The van der Waals surface area contributed by atoms with Crippen LogP contribution in [0.5, 0.6) is 0 Å². The van der Waals surface area contributed by atoms with Crippen molar-refractivity contribution in [2.75, 3.05) is 12.9 Å². The molecule has 0 aromatic rings. The van der Waals surface area contributed by atoms with Crippen molar-refractivity contribution in [1.82, 2.24) is 0 Å². The van der Waals surface area contributed by atoms with E-state index in [1.54, 1.807) is 11.8 Å². The van der Waals surface area contributed by atoms with Crippen molar-refractivity contribution >= 4 is 17.7 Å². The van der Waals surface area contributed by atoms with Crippen molar-refractivity contribution in [3.63, 3.8) is 0 Å². The first-order valence-corrected chi connectivity index (χ1v) is 4.70. The van der Waals surface area contributed by atoms with Gasteiger partial charge in [0.25, 0.3) is 0 Å². The maximum absolute atomic E-state index is 11.1. The second kappa shape index (κ2) is 2.82. The van der Waals surface area contributed by atoms with Gasteiger partial charge >= 0.3 is 5.97 Å². The molecule has 0 amide bonds. The van der Waals surface area contributed by atoms with Gasteiger partial charge in [-0.25, -0.2) is 0 Å². The minimum atomic E-state index is -0.208. The number of cyclic esters (lactones) is 1. The quantitative estimate of drug-likeness (QED) is 0.572. The topological polar surface area (TPSA) is 26.3 Å². The molecule has 0 bridgehead atoms. The van der Waals surface area contributed by atoms with Crippen LogP contribution in [-0.4, -0.2) is 23.6 Å². The average molecular weight is 160 g/mol. The van der Waals surface area contributed by atoms with E-state index in [0.717, 1.165) is 12.8 Å². The van der Waals surface area contributed by atoms with Gasteiger partial charge in [0.05, 0.1) is 6.61 Å². The largest absolute Gasteiger partial charge is 0.465 e. The van der Waals surface area contributed by atoms with E-state index >= 15 is 0 Å². The van der Waals surface area contributed by atoms with Crippen molar-refractivity contribution < 1.29 is 9.53 Å². The number of hydrogen-bond donors (Lipinski definition) is 0. The predicted octanol–water partition coefficient (Wildman–Crippen LogP) is 1.45. The number of carbonyl (C=O) groups is 1. The maximum Gasteiger partial charge on any atom is 0.322 e. The van der Waals surface area contributed by atoms with Gasteiger partial charge in [-0.15, -0.1) is 11.8 Å². The zero-order chi connectivity index (χ0) is 7.61. The lowest BCUT2D eigenvalue weighted by Gasteiger charge is -2.18. The van der Waals surface area contributed by atoms with Gasteiger partial charge in [-0.05, 0) is 12.7 Å². The lowest BCUT2D eigenvalue weighted by molar-refractivity contribution is -0.140. The van der Waals surface area contributed by atoms with Crippen molar-refractivity contribution in [1.29, 1.82) is 0 Å². The molecule has 1 atom stereocenters. The molecular formula is C7H12O2S. The Kier molecular flexibility index (Phi) is 2.24. The number of hydrogen-bond acceptors (Lipinski definition) is 3. The number of carbonyl (C=O) groups excluding carboxylic acids is 1. The highest BCUT2D eigenvalue weighted by molar-refractivity contribution is 8.00. The molecule has 0 N–H and O–H groups in total. The van der Waals surface area contributed by atoms with Crippen LogP contribution in [0, 0.1) is 0 Å². The second-order valence-corrected chi connectivity index (χ2v) is 3.63. The first-order valence-electron chi connectivity index (χ1n) is 3.47. The van der Waals surface area contributed by atoms with Gasteiger partial charge in [0.15, 0.2) is 0 Å². The van der Waals surface area contributed by atoms with Crippen LogP contribution < -0.4 is 0 Å². The predicted molar refractivity (Wildman–Crippen MR) is 42.1 cm³/mol. The molecule has 1 saturated heterocycles. The van der Waals surface area contributed by atoms with E-state index < -0.39 is 0 Å². The van der Waals surface area contributed by atoms with E-state index in [1.807, 2.05) is 13.2 Å². The molecule has 1 unspecified atom stereocenters. The SMILES string of the molecule is CCC1(SC)CCOC1=O. The zero-order valence-corrected chi connectivity index (χ0v) is 7.16. The van der Waals surface area contributed by atoms with Crippen molar-refractivity contribution in [3.05, 3.63) is 0 Å². The lowest BCUT2D eigenvalue weighted by Crippen LogP contribution is -2.28. The van der Waals surface area contributed by atoms with Crippen molar-refractivity contribution in [2.45, 2.75) is 24.5 Å². The van der Waals surface area contributed by atoms with Gasteiger partial charge in [0.2, 0.25) is 0 Å². The molecule has 2 nitrogen and oxygen atoms in total.